The highest BCUT2D eigenvalue weighted by Crippen LogP contribution is 2.35. The molecule has 2 aromatic heterocycles. The molecule has 0 atom stereocenters. The second kappa shape index (κ2) is 8.23. The summed E-state index contributed by atoms with van der Waals surface area (Å²) in [7, 11) is 0. The van der Waals surface area contributed by atoms with Crippen LogP contribution in [0.15, 0.2) is 58.1 Å². The molecular formula is C22H18N4O5. The molecule has 0 aliphatic carbocycles. The van der Waals surface area contributed by atoms with Crippen LogP contribution in [0.5, 0.6) is 11.5 Å². The Hall–Kier alpha value is -4.27. The lowest BCUT2D eigenvalue weighted by atomic mass is 10.1. The highest BCUT2D eigenvalue weighted by Gasteiger charge is 2.16. The van der Waals surface area contributed by atoms with Gasteiger partial charge in [-0.1, -0.05) is 6.07 Å². The Bertz CT molecular complexity index is 1280. The molecule has 0 spiro atoms. The average molecular weight is 418 g/mol. The number of hydrogen-bond donors (Lipinski definition) is 1. The van der Waals surface area contributed by atoms with Gasteiger partial charge in [-0.25, -0.2) is 4.98 Å². The number of aryl methyl sites for hydroxylation is 1. The van der Waals surface area contributed by atoms with Crippen LogP contribution in [0.1, 0.15) is 18.1 Å². The maximum absolute atomic E-state index is 11.2. The summed E-state index contributed by atoms with van der Waals surface area (Å²) in [6, 6.07) is 11.5. The van der Waals surface area contributed by atoms with E-state index in [9.17, 15) is 15.2 Å². The molecule has 0 aliphatic heterocycles. The zero-order valence-corrected chi connectivity index (χ0v) is 16.8. The molecule has 0 aliphatic rings. The van der Waals surface area contributed by atoms with Gasteiger partial charge in [-0.2, -0.15) is 4.98 Å². The molecule has 9 heteroatoms. The molecule has 0 saturated heterocycles. The molecule has 0 amide bonds. The number of pyridine rings is 1. The Kier molecular flexibility index (Phi) is 5.31. The Morgan fingerprint density at radius 3 is 2.87 bits per heavy atom. The topological polar surface area (TPSA) is 124 Å². The predicted octanol–water partition coefficient (Wildman–Crippen LogP) is 4.96. The summed E-state index contributed by atoms with van der Waals surface area (Å²) >= 11 is 0. The SMILES string of the molecule is CCOc1cc([N+](=O)[O-])cc(C=Nc2cc(-c3nc4ncccc4o3)ccc2C)c1O. The third kappa shape index (κ3) is 4.06. The first kappa shape index (κ1) is 20.0. The number of fused-ring (bicyclic) bond motifs is 1. The fraction of sp³-hybridized carbons (Fsp3) is 0.136. The van der Waals surface area contributed by atoms with Crippen LogP contribution < -0.4 is 4.74 Å². The number of aliphatic imine (C=N–C) groups is 1. The summed E-state index contributed by atoms with van der Waals surface area (Å²) < 4.78 is 11.1. The number of phenols is 1. The van der Waals surface area contributed by atoms with Gasteiger partial charge in [0.15, 0.2) is 22.7 Å². The summed E-state index contributed by atoms with van der Waals surface area (Å²) in [5.41, 5.74) is 3.22. The van der Waals surface area contributed by atoms with Crippen molar-refractivity contribution in [2.75, 3.05) is 6.61 Å². The standard InChI is InChI=1S/C22H18N4O5/c1-3-30-19-11-16(26(28)29)9-15(20(19)27)12-24-17-10-14(7-6-13(17)2)22-25-21-18(31-22)5-4-8-23-21/h4-12,27H,3H2,1-2H3. The minimum atomic E-state index is -0.549. The maximum Gasteiger partial charge on any atom is 0.274 e. The molecule has 0 unspecified atom stereocenters. The quantitative estimate of drug-likeness (QED) is 0.266. The highest BCUT2D eigenvalue weighted by molar-refractivity contribution is 5.88. The van der Waals surface area contributed by atoms with Crippen molar-refractivity contribution < 1.29 is 19.2 Å². The van der Waals surface area contributed by atoms with E-state index in [-0.39, 0.29) is 29.4 Å². The van der Waals surface area contributed by atoms with Crippen molar-refractivity contribution in [3.05, 3.63) is 69.9 Å². The minimum absolute atomic E-state index is 0.0302. The summed E-state index contributed by atoms with van der Waals surface area (Å²) in [4.78, 5) is 23.7. The molecule has 0 fully saturated rings. The van der Waals surface area contributed by atoms with Gasteiger partial charge in [0.05, 0.1) is 23.3 Å². The van der Waals surface area contributed by atoms with Crippen LogP contribution in [0.25, 0.3) is 22.7 Å². The number of nitro groups is 1. The average Bonchev–Trinajstić information content (AvgIpc) is 3.19. The van der Waals surface area contributed by atoms with Gasteiger partial charge in [0.2, 0.25) is 5.89 Å². The highest BCUT2D eigenvalue weighted by atomic mass is 16.6. The number of ether oxygens (including phenoxy) is 1. The molecule has 9 nitrogen and oxygen atoms in total. The van der Waals surface area contributed by atoms with Crippen molar-refractivity contribution in [2.24, 2.45) is 4.99 Å². The lowest BCUT2D eigenvalue weighted by molar-refractivity contribution is -0.385. The van der Waals surface area contributed by atoms with Gasteiger partial charge < -0.3 is 14.3 Å². The molecule has 31 heavy (non-hydrogen) atoms. The van der Waals surface area contributed by atoms with Crippen LogP contribution in [0, 0.1) is 17.0 Å². The summed E-state index contributed by atoms with van der Waals surface area (Å²) in [6.45, 7) is 3.86. The molecular weight excluding hydrogens is 400 g/mol. The van der Waals surface area contributed by atoms with Crippen LogP contribution in [-0.2, 0) is 0 Å². The third-order valence-electron chi connectivity index (χ3n) is 4.56. The monoisotopic (exact) mass is 418 g/mol. The fourth-order valence-corrected chi connectivity index (χ4v) is 3.00. The number of benzene rings is 2. The van der Waals surface area contributed by atoms with E-state index in [4.69, 9.17) is 9.15 Å². The largest absolute Gasteiger partial charge is 0.504 e. The first-order valence-corrected chi connectivity index (χ1v) is 9.47. The van der Waals surface area contributed by atoms with E-state index >= 15 is 0 Å². The molecule has 4 aromatic rings. The number of rotatable bonds is 6. The van der Waals surface area contributed by atoms with Crippen LogP contribution in [-0.4, -0.2) is 32.8 Å². The van der Waals surface area contributed by atoms with Crippen LogP contribution in [0.4, 0.5) is 11.4 Å². The summed E-state index contributed by atoms with van der Waals surface area (Å²) in [6.07, 6.45) is 3.01. The second-order valence-corrected chi connectivity index (χ2v) is 6.68. The van der Waals surface area contributed by atoms with Gasteiger partial charge in [0, 0.05) is 29.6 Å². The van der Waals surface area contributed by atoms with Gasteiger partial charge in [0.25, 0.3) is 5.69 Å². The van der Waals surface area contributed by atoms with Gasteiger partial charge in [-0.05, 0) is 43.7 Å². The lowest BCUT2D eigenvalue weighted by Crippen LogP contribution is -1.97. The molecule has 4 rings (SSSR count). The molecule has 1 N–H and O–H groups in total. The van der Waals surface area contributed by atoms with E-state index in [1.165, 1.54) is 18.3 Å². The van der Waals surface area contributed by atoms with Crippen LogP contribution in [0.2, 0.25) is 0 Å². The first-order valence-electron chi connectivity index (χ1n) is 9.47. The van der Waals surface area contributed by atoms with E-state index in [0.717, 1.165) is 5.56 Å². The summed E-state index contributed by atoms with van der Waals surface area (Å²) in [5, 5.41) is 21.6. The molecule has 156 valence electrons. The zero-order chi connectivity index (χ0) is 22.0. The lowest BCUT2D eigenvalue weighted by Gasteiger charge is -2.08. The number of aromatic nitrogens is 2. The molecule has 0 saturated carbocycles. The van der Waals surface area contributed by atoms with Crippen molar-refractivity contribution in [3.63, 3.8) is 0 Å². The smallest absolute Gasteiger partial charge is 0.274 e. The van der Waals surface area contributed by atoms with Crippen molar-refractivity contribution in [2.45, 2.75) is 13.8 Å². The fourth-order valence-electron chi connectivity index (χ4n) is 3.00. The molecule has 0 radical (unpaired) electrons. The number of nitro benzene ring substituents is 1. The normalized spacial score (nSPS) is 11.3. The van der Waals surface area contributed by atoms with Gasteiger partial charge >= 0.3 is 0 Å². The minimum Gasteiger partial charge on any atom is -0.504 e. The Balaban J connectivity index is 1.72. The van der Waals surface area contributed by atoms with E-state index in [0.29, 0.717) is 28.4 Å². The maximum atomic E-state index is 11.2. The van der Waals surface area contributed by atoms with E-state index in [2.05, 4.69) is 15.0 Å². The Morgan fingerprint density at radius 2 is 2.13 bits per heavy atom. The Labute approximate surface area is 176 Å². The predicted molar refractivity (Wildman–Crippen MR) is 115 cm³/mol. The van der Waals surface area contributed by atoms with Crippen molar-refractivity contribution in [1.29, 1.82) is 0 Å². The van der Waals surface area contributed by atoms with Crippen molar-refractivity contribution in [1.82, 2.24) is 9.97 Å². The van der Waals surface area contributed by atoms with Gasteiger partial charge in [-0.3, -0.25) is 15.1 Å². The first-order chi connectivity index (χ1) is 15.0. The second-order valence-electron chi connectivity index (χ2n) is 6.68. The molecule has 2 aromatic carbocycles. The zero-order valence-electron chi connectivity index (χ0n) is 16.8. The number of non-ortho nitro benzene ring substituents is 1. The number of oxazole rings is 1. The number of phenolic OH excluding ortho intramolecular Hbond substituents is 1. The van der Waals surface area contributed by atoms with Crippen molar-refractivity contribution >= 4 is 28.8 Å². The molecule has 2 heterocycles. The molecule has 0 bridgehead atoms. The van der Waals surface area contributed by atoms with Gasteiger partial charge in [0.1, 0.15) is 0 Å². The van der Waals surface area contributed by atoms with E-state index in [1.807, 2.05) is 19.1 Å². The van der Waals surface area contributed by atoms with E-state index in [1.54, 1.807) is 31.3 Å². The van der Waals surface area contributed by atoms with Crippen LogP contribution >= 0.6 is 0 Å². The van der Waals surface area contributed by atoms with Gasteiger partial charge in [-0.15, -0.1) is 0 Å². The summed E-state index contributed by atoms with van der Waals surface area (Å²) in [5.74, 6) is 0.222. The number of nitrogens with zero attached hydrogens (tertiary/aromatic N) is 4. The number of hydrogen-bond acceptors (Lipinski definition) is 8. The van der Waals surface area contributed by atoms with Crippen molar-refractivity contribution in [3.8, 4) is 23.0 Å². The Morgan fingerprint density at radius 1 is 1.29 bits per heavy atom. The van der Waals surface area contributed by atoms with E-state index < -0.39 is 4.92 Å². The third-order valence-corrected chi connectivity index (χ3v) is 4.56. The van der Waals surface area contributed by atoms with Crippen LogP contribution in [0.3, 0.4) is 0 Å². The number of aromatic hydroxyl groups is 1.